The van der Waals surface area contributed by atoms with E-state index in [0.29, 0.717) is 0 Å². The van der Waals surface area contributed by atoms with E-state index in [1.165, 1.54) is 12.1 Å². The van der Waals surface area contributed by atoms with Gasteiger partial charge in [-0.25, -0.2) is 13.2 Å². The SMILES string of the molecule is NCCC(O)c1cccc(F)c1C(F)F. The van der Waals surface area contributed by atoms with Crippen LogP contribution in [0.2, 0.25) is 0 Å². The van der Waals surface area contributed by atoms with Crippen molar-refractivity contribution in [1.29, 1.82) is 0 Å². The number of alkyl halides is 2. The number of aliphatic hydroxyl groups excluding tert-OH is 1. The molecule has 15 heavy (non-hydrogen) atoms. The van der Waals surface area contributed by atoms with Gasteiger partial charge in [0.15, 0.2) is 0 Å². The van der Waals surface area contributed by atoms with Gasteiger partial charge in [-0.2, -0.15) is 0 Å². The van der Waals surface area contributed by atoms with Gasteiger partial charge in [-0.1, -0.05) is 12.1 Å². The number of aliphatic hydroxyl groups is 1. The average Bonchev–Trinajstić information content (AvgIpc) is 2.17. The Balaban J connectivity index is 3.10. The molecule has 0 aliphatic carbocycles. The zero-order valence-electron chi connectivity index (χ0n) is 7.96. The Labute approximate surface area is 85.5 Å². The van der Waals surface area contributed by atoms with Gasteiger partial charge in [0, 0.05) is 0 Å². The summed E-state index contributed by atoms with van der Waals surface area (Å²) in [6.45, 7) is 0.153. The average molecular weight is 219 g/mol. The molecule has 0 spiro atoms. The summed E-state index contributed by atoms with van der Waals surface area (Å²) in [5, 5.41) is 9.49. The summed E-state index contributed by atoms with van der Waals surface area (Å²) in [6.07, 6.45) is -3.95. The quantitative estimate of drug-likeness (QED) is 0.815. The monoisotopic (exact) mass is 219 g/mol. The van der Waals surface area contributed by atoms with Gasteiger partial charge in [-0.05, 0) is 24.6 Å². The van der Waals surface area contributed by atoms with Gasteiger partial charge in [-0.15, -0.1) is 0 Å². The molecule has 5 heteroatoms. The molecule has 0 bridgehead atoms. The lowest BCUT2D eigenvalue weighted by Gasteiger charge is -2.14. The van der Waals surface area contributed by atoms with Crippen LogP contribution in [0.4, 0.5) is 13.2 Å². The van der Waals surface area contributed by atoms with E-state index in [1.807, 2.05) is 0 Å². The first-order chi connectivity index (χ1) is 7.07. The van der Waals surface area contributed by atoms with Crippen molar-refractivity contribution >= 4 is 0 Å². The van der Waals surface area contributed by atoms with E-state index in [2.05, 4.69) is 0 Å². The molecule has 1 atom stereocenters. The van der Waals surface area contributed by atoms with Gasteiger partial charge >= 0.3 is 0 Å². The minimum absolute atomic E-state index is 0.0875. The van der Waals surface area contributed by atoms with Crippen molar-refractivity contribution in [3.8, 4) is 0 Å². The fourth-order valence-corrected chi connectivity index (χ4v) is 1.39. The highest BCUT2D eigenvalue weighted by Gasteiger charge is 2.21. The summed E-state index contributed by atoms with van der Waals surface area (Å²) >= 11 is 0. The molecule has 1 rings (SSSR count). The van der Waals surface area contributed by atoms with Crippen molar-refractivity contribution in [2.75, 3.05) is 6.54 Å². The van der Waals surface area contributed by atoms with Crippen molar-refractivity contribution in [3.05, 3.63) is 35.1 Å². The molecule has 0 amide bonds. The zero-order valence-corrected chi connectivity index (χ0v) is 7.96. The fraction of sp³-hybridized carbons (Fsp3) is 0.400. The Morgan fingerprint density at radius 3 is 2.53 bits per heavy atom. The molecule has 1 aromatic carbocycles. The molecule has 0 fully saturated rings. The lowest BCUT2D eigenvalue weighted by atomic mass is 10.00. The molecule has 3 N–H and O–H groups in total. The normalized spacial score (nSPS) is 13.2. The number of rotatable bonds is 4. The first-order valence-electron chi connectivity index (χ1n) is 4.52. The van der Waals surface area contributed by atoms with Crippen LogP contribution < -0.4 is 5.73 Å². The minimum Gasteiger partial charge on any atom is -0.388 e. The maximum Gasteiger partial charge on any atom is 0.267 e. The van der Waals surface area contributed by atoms with Crippen LogP contribution in [0, 0.1) is 5.82 Å². The Bertz CT molecular complexity index is 330. The van der Waals surface area contributed by atoms with Crippen molar-refractivity contribution in [2.45, 2.75) is 19.0 Å². The van der Waals surface area contributed by atoms with Crippen LogP contribution in [-0.4, -0.2) is 11.7 Å². The third-order valence-corrected chi connectivity index (χ3v) is 2.10. The third-order valence-electron chi connectivity index (χ3n) is 2.10. The highest BCUT2D eigenvalue weighted by molar-refractivity contribution is 5.31. The summed E-state index contributed by atoms with van der Waals surface area (Å²) in [5.74, 6) is -1.00. The molecule has 2 nitrogen and oxygen atoms in total. The van der Waals surface area contributed by atoms with E-state index in [9.17, 15) is 18.3 Å². The van der Waals surface area contributed by atoms with Crippen LogP contribution in [0.5, 0.6) is 0 Å². The molecule has 0 aromatic heterocycles. The highest BCUT2D eigenvalue weighted by Crippen LogP contribution is 2.30. The molecule has 0 radical (unpaired) electrons. The van der Waals surface area contributed by atoms with E-state index in [1.54, 1.807) is 0 Å². The lowest BCUT2D eigenvalue weighted by Crippen LogP contribution is -2.10. The molecule has 84 valence electrons. The van der Waals surface area contributed by atoms with Crippen molar-refractivity contribution in [3.63, 3.8) is 0 Å². The van der Waals surface area contributed by atoms with E-state index < -0.39 is 23.9 Å². The van der Waals surface area contributed by atoms with Crippen LogP contribution in [0.3, 0.4) is 0 Å². The summed E-state index contributed by atoms with van der Waals surface area (Å²) in [4.78, 5) is 0. The first-order valence-corrected chi connectivity index (χ1v) is 4.52. The van der Waals surface area contributed by atoms with Gasteiger partial charge in [0.1, 0.15) is 5.82 Å². The van der Waals surface area contributed by atoms with Gasteiger partial charge < -0.3 is 10.8 Å². The van der Waals surface area contributed by atoms with Crippen molar-refractivity contribution in [2.24, 2.45) is 5.73 Å². The van der Waals surface area contributed by atoms with Crippen LogP contribution in [0.25, 0.3) is 0 Å². The topological polar surface area (TPSA) is 46.2 Å². The van der Waals surface area contributed by atoms with E-state index in [4.69, 9.17) is 5.73 Å². The fourth-order valence-electron chi connectivity index (χ4n) is 1.39. The predicted octanol–water partition coefficient (Wildman–Crippen LogP) is 2.15. The van der Waals surface area contributed by atoms with E-state index in [-0.39, 0.29) is 18.5 Å². The summed E-state index contributed by atoms with van der Waals surface area (Å²) in [5.41, 5.74) is 4.36. The Morgan fingerprint density at radius 1 is 1.33 bits per heavy atom. The molecule has 1 aromatic rings. The number of hydrogen-bond acceptors (Lipinski definition) is 2. The third kappa shape index (κ3) is 2.70. The molecular weight excluding hydrogens is 207 g/mol. The second-order valence-electron chi connectivity index (χ2n) is 3.14. The lowest BCUT2D eigenvalue weighted by molar-refractivity contribution is 0.129. The molecule has 0 aliphatic heterocycles. The number of benzene rings is 1. The molecule has 0 saturated heterocycles. The van der Waals surface area contributed by atoms with Crippen LogP contribution in [-0.2, 0) is 0 Å². The standard InChI is InChI=1S/C10H12F3NO/c11-7-3-1-2-6(8(15)4-5-14)9(7)10(12)13/h1-3,8,10,15H,4-5,14H2. The second-order valence-corrected chi connectivity index (χ2v) is 3.14. The minimum atomic E-state index is -2.94. The van der Waals surface area contributed by atoms with Crippen molar-refractivity contribution in [1.82, 2.24) is 0 Å². The van der Waals surface area contributed by atoms with E-state index in [0.717, 1.165) is 6.07 Å². The number of nitrogens with two attached hydrogens (primary N) is 1. The van der Waals surface area contributed by atoms with Crippen LogP contribution >= 0.6 is 0 Å². The Morgan fingerprint density at radius 2 is 2.00 bits per heavy atom. The summed E-state index contributed by atoms with van der Waals surface area (Å²) in [7, 11) is 0. The number of hydrogen-bond donors (Lipinski definition) is 2. The zero-order chi connectivity index (χ0) is 11.4. The summed E-state index contributed by atoms with van der Waals surface area (Å²) in [6, 6.07) is 3.52. The van der Waals surface area contributed by atoms with Gasteiger partial charge in [0.25, 0.3) is 6.43 Å². The maximum atomic E-state index is 13.1. The Kier molecular flexibility index (Phi) is 4.11. The molecule has 0 aliphatic rings. The van der Waals surface area contributed by atoms with Gasteiger partial charge in [-0.3, -0.25) is 0 Å². The largest absolute Gasteiger partial charge is 0.388 e. The second kappa shape index (κ2) is 5.14. The molecule has 1 unspecified atom stereocenters. The molecular formula is C10H12F3NO. The maximum absolute atomic E-state index is 13.1. The smallest absolute Gasteiger partial charge is 0.267 e. The first kappa shape index (κ1) is 12.0. The van der Waals surface area contributed by atoms with Gasteiger partial charge in [0.05, 0.1) is 11.7 Å². The molecule has 0 heterocycles. The highest BCUT2D eigenvalue weighted by atomic mass is 19.3. The number of halogens is 3. The van der Waals surface area contributed by atoms with Crippen molar-refractivity contribution < 1.29 is 18.3 Å². The Hall–Kier alpha value is -1.07. The molecule has 0 saturated carbocycles. The van der Waals surface area contributed by atoms with Crippen LogP contribution in [0.15, 0.2) is 18.2 Å². The van der Waals surface area contributed by atoms with Gasteiger partial charge in [0.2, 0.25) is 0 Å². The summed E-state index contributed by atoms with van der Waals surface area (Å²) < 4.78 is 38.1. The van der Waals surface area contributed by atoms with Crippen LogP contribution in [0.1, 0.15) is 30.1 Å². The van der Waals surface area contributed by atoms with E-state index >= 15 is 0 Å². The predicted molar refractivity (Wildman–Crippen MR) is 50.0 cm³/mol.